The van der Waals surface area contributed by atoms with E-state index in [0.717, 1.165) is 16.9 Å². The smallest absolute Gasteiger partial charge is 0.408 e. The van der Waals surface area contributed by atoms with Crippen molar-refractivity contribution in [2.45, 2.75) is 59.2 Å². The SMILES string of the molecule is CN=C(NCc1ccccc1-n1ccc(C)n1)NCC(C)(C)NC(=O)OC(C)(C)C. The highest BCUT2D eigenvalue weighted by atomic mass is 16.6. The van der Waals surface area contributed by atoms with Crippen LogP contribution in [0.15, 0.2) is 41.5 Å². The number of carbonyl (C=O) groups excluding carboxylic acids is 1. The van der Waals surface area contributed by atoms with Crippen molar-refractivity contribution in [1.82, 2.24) is 25.7 Å². The molecule has 0 fully saturated rings. The number of carbonyl (C=O) groups is 1. The molecule has 0 spiro atoms. The van der Waals surface area contributed by atoms with Crippen molar-refractivity contribution in [3.63, 3.8) is 0 Å². The third-order valence-electron chi connectivity index (χ3n) is 4.17. The minimum Gasteiger partial charge on any atom is -0.444 e. The summed E-state index contributed by atoms with van der Waals surface area (Å²) >= 11 is 0. The van der Waals surface area contributed by atoms with Crippen molar-refractivity contribution in [3.05, 3.63) is 47.8 Å². The van der Waals surface area contributed by atoms with Crippen molar-refractivity contribution in [1.29, 1.82) is 0 Å². The molecule has 0 radical (unpaired) electrons. The molecule has 0 saturated carbocycles. The topological polar surface area (TPSA) is 92.6 Å². The lowest BCUT2D eigenvalue weighted by Crippen LogP contribution is -2.54. The number of alkyl carbamates (subject to hydrolysis) is 1. The van der Waals surface area contributed by atoms with Gasteiger partial charge in [0.2, 0.25) is 0 Å². The Kier molecular flexibility index (Phi) is 7.48. The lowest BCUT2D eigenvalue weighted by molar-refractivity contribution is 0.0474. The maximum absolute atomic E-state index is 12.1. The van der Waals surface area contributed by atoms with E-state index < -0.39 is 17.2 Å². The van der Waals surface area contributed by atoms with Gasteiger partial charge in [0.15, 0.2) is 5.96 Å². The summed E-state index contributed by atoms with van der Waals surface area (Å²) in [5.41, 5.74) is 2.01. The van der Waals surface area contributed by atoms with Gasteiger partial charge in [0.05, 0.1) is 16.9 Å². The molecule has 1 amide bonds. The number of aryl methyl sites for hydroxylation is 1. The Morgan fingerprint density at radius 3 is 2.43 bits per heavy atom. The van der Waals surface area contributed by atoms with Crippen LogP contribution < -0.4 is 16.0 Å². The first-order valence-corrected chi connectivity index (χ1v) is 10.1. The number of ether oxygens (including phenoxy) is 1. The number of benzene rings is 1. The van der Waals surface area contributed by atoms with Gasteiger partial charge in [0, 0.05) is 26.3 Å². The van der Waals surface area contributed by atoms with Gasteiger partial charge in [-0.3, -0.25) is 4.99 Å². The minimum atomic E-state index is -0.536. The van der Waals surface area contributed by atoms with E-state index in [0.29, 0.717) is 19.0 Å². The summed E-state index contributed by atoms with van der Waals surface area (Å²) in [5.74, 6) is 0.639. The highest BCUT2D eigenvalue weighted by Crippen LogP contribution is 2.14. The zero-order chi connectivity index (χ0) is 22.4. The molecular weight excluding hydrogens is 380 g/mol. The molecule has 2 rings (SSSR count). The number of para-hydroxylation sites is 1. The number of aliphatic imine (C=N–C) groups is 1. The Labute approximate surface area is 179 Å². The van der Waals surface area contributed by atoms with Crippen LogP contribution in [-0.4, -0.2) is 46.6 Å². The third-order valence-corrected chi connectivity index (χ3v) is 4.17. The van der Waals surface area contributed by atoms with Gasteiger partial charge in [-0.2, -0.15) is 5.10 Å². The normalized spacial score (nSPS) is 12.4. The average Bonchev–Trinajstić information content (AvgIpc) is 3.06. The highest BCUT2D eigenvalue weighted by Gasteiger charge is 2.24. The summed E-state index contributed by atoms with van der Waals surface area (Å²) in [4.78, 5) is 16.3. The minimum absolute atomic E-state index is 0.444. The van der Waals surface area contributed by atoms with Crippen molar-refractivity contribution in [2.75, 3.05) is 13.6 Å². The van der Waals surface area contributed by atoms with Gasteiger partial charge in [0.25, 0.3) is 0 Å². The van der Waals surface area contributed by atoms with Gasteiger partial charge < -0.3 is 20.7 Å². The molecular formula is C22H34N6O2. The van der Waals surface area contributed by atoms with E-state index in [4.69, 9.17) is 4.74 Å². The Balaban J connectivity index is 1.94. The molecule has 0 unspecified atom stereocenters. The number of nitrogens with zero attached hydrogens (tertiary/aromatic N) is 3. The van der Waals surface area contributed by atoms with E-state index in [1.807, 2.05) is 76.7 Å². The van der Waals surface area contributed by atoms with Crippen LogP contribution in [0, 0.1) is 6.92 Å². The Morgan fingerprint density at radius 2 is 1.83 bits per heavy atom. The Morgan fingerprint density at radius 1 is 1.13 bits per heavy atom. The van der Waals surface area contributed by atoms with Crippen LogP contribution in [0.5, 0.6) is 0 Å². The van der Waals surface area contributed by atoms with Crippen LogP contribution in [0.25, 0.3) is 5.69 Å². The molecule has 3 N–H and O–H groups in total. The van der Waals surface area contributed by atoms with Crippen LogP contribution in [-0.2, 0) is 11.3 Å². The van der Waals surface area contributed by atoms with Crippen LogP contribution in [0.2, 0.25) is 0 Å². The fourth-order valence-corrected chi connectivity index (χ4v) is 2.76. The summed E-state index contributed by atoms with van der Waals surface area (Å²) in [6, 6.07) is 10.1. The predicted octanol–water partition coefficient (Wildman–Crippen LogP) is 3.15. The van der Waals surface area contributed by atoms with Gasteiger partial charge in [-0.1, -0.05) is 18.2 Å². The van der Waals surface area contributed by atoms with Crippen LogP contribution in [0.3, 0.4) is 0 Å². The number of nitrogens with one attached hydrogen (secondary N) is 3. The molecule has 30 heavy (non-hydrogen) atoms. The predicted molar refractivity (Wildman–Crippen MR) is 120 cm³/mol. The first-order valence-electron chi connectivity index (χ1n) is 10.1. The zero-order valence-electron chi connectivity index (χ0n) is 19.0. The molecule has 0 aliphatic carbocycles. The van der Waals surface area contributed by atoms with E-state index >= 15 is 0 Å². The highest BCUT2D eigenvalue weighted by molar-refractivity contribution is 5.80. The fourth-order valence-electron chi connectivity index (χ4n) is 2.76. The molecule has 0 aliphatic heterocycles. The number of rotatable bonds is 6. The Bertz CT molecular complexity index is 880. The molecule has 8 nitrogen and oxygen atoms in total. The van der Waals surface area contributed by atoms with Crippen LogP contribution in [0.1, 0.15) is 45.9 Å². The molecule has 0 atom stereocenters. The average molecular weight is 415 g/mol. The summed E-state index contributed by atoms with van der Waals surface area (Å²) in [6.45, 7) is 12.4. The number of guanidine groups is 1. The second-order valence-electron chi connectivity index (χ2n) is 8.82. The third kappa shape index (κ3) is 7.42. The summed E-state index contributed by atoms with van der Waals surface area (Å²) in [5, 5.41) is 14.0. The first kappa shape index (κ1) is 23.3. The monoisotopic (exact) mass is 414 g/mol. The molecule has 1 aromatic carbocycles. The second-order valence-corrected chi connectivity index (χ2v) is 8.82. The van der Waals surface area contributed by atoms with E-state index in [2.05, 4.69) is 32.1 Å². The van der Waals surface area contributed by atoms with E-state index in [1.165, 1.54) is 0 Å². The van der Waals surface area contributed by atoms with Crippen molar-refractivity contribution < 1.29 is 9.53 Å². The molecule has 164 valence electrons. The van der Waals surface area contributed by atoms with Crippen molar-refractivity contribution in [3.8, 4) is 5.69 Å². The summed E-state index contributed by atoms with van der Waals surface area (Å²) in [6.07, 6.45) is 1.51. The molecule has 2 aromatic rings. The molecule has 0 saturated heterocycles. The standard InChI is InChI=1S/C22H34N6O2/c1-16-12-13-28(27-16)18-11-9-8-10-17(18)14-24-19(23-7)25-15-22(5,6)26-20(29)30-21(2,3)4/h8-13H,14-15H2,1-7H3,(H,26,29)(H2,23,24,25). The lowest BCUT2D eigenvalue weighted by atomic mass is 10.1. The maximum Gasteiger partial charge on any atom is 0.408 e. The second kappa shape index (κ2) is 9.65. The van der Waals surface area contributed by atoms with Crippen molar-refractivity contribution in [2.24, 2.45) is 4.99 Å². The molecule has 1 heterocycles. The quantitative estimate of drug-likeness (QED) is 0.499. The summed E-state index contributed by atoms with van der Waals surface area (Å²) < 4.78 is 7.21. The fraction of sp³-hybridized carbons (Fsp3) is 0.500. The Hall–Kier alpha value is -3.03. The zero-order valence-corrected chi connectivity index (χ0v) is 19.0. The maximum atomic E-state index is 12.1. The largest absolute Gasteiger partial charge is 0.444 e. The van der Waals surface area contributed by atoms with Gasteiger partial charge in [-0.15, -0.1) is 0 Å². The van der Waals surface area contributed by atoms with Crippen molar-refractivity contribution >= 4 is 12.1 Å². The molecule has 8 heteroatoms. The lowest BCUT2D eigenvalue weighted by Gasteiger charge is -2.29. The number of hydrogen-bond donors (Lipinski definition) is 3. The van der Waals surface area contributed by atoms with Gasteiger partial charge in [-0.25, -0.2) is 9.48 Å². The molecule has 0 aliphatic rings. The van der Waals surface area contributed by atoms with Gasteiger partial charge in [0.1, 0.15) is 5.60 Å². The number of amides is 1. The first-order chi connectivity index (χ1) is 14.0. The number of hydrogen-bond acceptors (Lipinski definition) is 4. The summed E-state index contributed by atoms with van der Waals surface area (Å²) in [7, 11) is 1.71. The van der Waals surface area contributed by atoms with E-state index in [-0.39, 0.29) is 0 Å². The van der Waals surface area contributed by atoms with Gasteiger partial charge >= 0.3 is 6.09 Å². The number of aromatic nitrogens is 2. The van der Waals surface area contributed by atoms with Gasteiger partial charge in [-0.05, 0) is 59.2 Å². The van der Waals surface area contributed by atoms with Crippen LogP contribution >= 0.6 is 0 Å². The van der Waals surface area contributed by atoms with Crippen LogP contribution in [0.4, 0.5) is 4.79 Å². The molecule has 1 aromatic heterocycles. The van der Waals surface area contributed by atoms with E-state index in [1.54, 1.807) is 7.05 Å². The van der Waals surface area contributed by atoms with E-state index in [9.17, 15) is 4.79 Å². The molecule has 0 bridgehead atoms.